The standard InChI is InChI=1S/C11H9Cl2N3O/c12-8-2-1-3-9(10(8)13)16-11-7(5-17)4-14-6-15-11/h1-4,6,17H,5H2,(H,14,15,16). The van der Waals surface area contributed by atoms with E-state index in [2.05, 4.69) is 15.3 Å². The van der Waals surface area contributed by atoms with Gasteiger partial charge in [0.15, 0.2) is 0 Å². The van der Waals surface area contributed by atoms with Crippen molar-refractivity contribution in [1.82, 2.24) is 9.97 Å². The van der Waals surface area contributed by atoms with Crippen LogP contribution in [0.2, 0.25) is 10.0 Å². The largest absolute Gasteiger partial charge is 0.391 e. The molecule has 17 heavy (non-hydrogen) atoms. The molecule has 2 aromatic rings. The van der Waals surface area contributed by atoms with Gasteiger partial charge in [-0.15, -0.1) is 0 Å². The summed E-state index contributed by atoms with van der Waals surface area (Å²) in [6.45, 7) is -0.151. The second kappa shape index (κ2) is 5.31. The van der Waals surface area contributed by atoms with E-state index in [-0.39, 0.29) is 6.61 Å². The van der Waals surface area contributed by atoms with E-state index in [4.69, 9.17) is 28.3 Å². The molecule has 0 unspecified atom stereocenters. The molecule has 1 aromatic carbocycles. The third kappa shape index (κ3) is 2.66. The number of halogens is 2. The molecule has 0 atom stereocenters. The van der Waals surface area contributed by atoms with Crippen molar-refractivity contribution in [3.05, 3.63) is 46.3 Å². The predicted molar refractivity (Wildman–Crippen MR) is 67.7 cm³/mol. The Kier molecular flexibility index (Phi) is 3.78. The number of hydrogen-bond donors (Lipinski definition) is 2. The first kappa shape index (κ1) is 12.1. The third-order valence-corrected chi connectivity index (χ3v) is 2.98. The quantitative estimate of drug-likeness (QED) is 0.900. The minimum Gasteiger partial charge on any atom is -0.391 e. The molecule has 2 N–H and O–H groups in total. The fraction of sp³-hybridized carbons (Fsp3) is 0.0909. The van der Waals surface area contributed by atoms with Crippen molar-refractivity contribution < 1.29 is 5.11 Å². The van der Waals surface area contributed by atoms with Crippen LogP contribution >= 0.6 is 23.2 Å². The molecule has 1 aromatic heterocycles. The van der Waals surface area contributed by atoms with Crippen LogP contribution in [-0.2, 0) is 6.61 Å². The highest BCUT2D eigenvalue weighted by Crippen LogP contribution is 2.31. The molecular weight excluding hydrogens is 261 g/mol. The van der Waals surface area contributed by atoms with Gasteiger partial charge in [-0.05, 0) is 12.1 Å². The van der Waals surface area contributed by atoms with Crippen molar-refractivity contribution in [2.45, 2.75) is 6.61 Å². The lowest BCUT2D eigenvalue weighted by Gasteiger charge is -2.10. The maximum Gasteiger partial charge on any atom is 0.139 e. The van der Waals surface area contributed by atoms with Gasteiger partial charge in [-0.1, -0.05) is 29.3 Å². The van der Waals surface area contributed by atoms with E-state index in [9.17, 15) is 0 Å². The van der Waals surface area contributed by atoms with Gasteiger partial charge in [-0.3, -0.25) is 0 Å². The zero-order valence-electron chi connectivity index (χ0n) is 8.69. The molecule has 6 heteroatoms. The number of aromatic nitrogens is 2. The third-order valence-electron chi connectivity index (χ3n) is 2.16. The van der Waals surface area contributed by atoms with E-state index < -0.39 is 0 Å². The van der Waals surface area contributed by atoms with Gasteiger partial charge in [0.1, 0.15) is 12.1 Å². The number of nitrogens with zero attached hydrogens (tertiary/aromatic N) is 2. The van der Waals surface area contributed by atoms with Gasteiger partial charge >= 0.3 is 0 Å². The zero-order chi connectivity index (χ0) is 12.3. The lowest BCUT2D eigenvalue weighted by Crippen LogP contribution is -2.00. The fourth-order valence-electron chi connectivity index (χ4n) is 1.31. The Balaban J connectivity index is 2.35. The molecule has 0 fully saturated rings. The molecule has 4 nitrogen and oxygen atoms in total. The molecule has 0 aliphatic heterocycles. The number of hydrogen-bond acceptors (Lipinski definition) is 4. The Morgan fingerprint density at radius 1 is 1.29 bits per heavy atom. The minimum atomic E-state index is -0.151. The Hall–Kier alpha value is -1.36. The summed E-state index contributed by atoms with van der Waals surface area (Å²) in [5, 5.41) is 13.0. The number of aliphatic hydroxyl groups is 1. The van der Waals surface area contributed by atoms with Gasteiger partial charge in [-0.25, -0.2) is 9.97 Å². The first-order valence-corrected chi connectivity index (χ1v) is 5.58. The van der Waals surface area contributed by atoms with Crippen molar-refractivity contribution in [2.75, 3.05) is 5.32 Å². The van der Waals surface area contributed by atoms with Gasteiger partial charge in [0.05, 0.1) is 22.3 Å². The molecule has 0 aliphatic rings. The highest BCUT2D eigenvalue weighted by atomic mass is 35.5. The first-order valence-electron chi connectivity index (χ1n) is 4.83. The second-order valence-corrected chi connectivity index (χ2v) is 4.07. The van der Waals surface area contributed by atoms with Crippen LogP contribution in [0.4, 0.5) is 11.5 Å². The lowest BCUT2D eigenvalue weighted by atomic mass is 10.3. The van der Waals surface area contributed by atoms with E-state index in [1.165, 1.54) is 12.5 Å². The van der Waals surface area contributed by atoms with Gasteiger partial charge in [-0.2, -0.15) is 0 Å². The van der Waals surface area contributed by atoms with Gasteiger partial charge in [0, 0.05) is 11.8 Å². The summed E-state index contributed by atoms with van der Waals surface area (Å²) in [6.07, 6.45) is 2.92. The Bertz CT molecular complexity index is 534. The number of anilines is 2. The molecule has 1 heterocycles. The number of nitrogens with one attached hydrogen (secondary N) is 1. The molecule has 88 valence electrons. The van der Waals surface area contributed by atoms with Crippen LogP contribution in [0.25, 0.3) is 0 Å². The van der Waals surface area contributed by atoms with Crippen LogP contribution in [0.5, 0.6) is 0 Å². The second-order valence-electron chi connectivity index (χ2n) is 3.28. The van der Waals surface area contributed by atoms with Gasteiger partial charge < -0.3 is 10.4 Å². The summed E-state index contributed by atoms with van der Waals surface area (Å²) in [4.78, 5) is 7.86. The maximum absolute atomic E-state index is 9.14. The Morgan fingerprint density at radius 3 is 2.88 bits per heavy atom. The van der Waals surface area contributed by atoms with Gasteiger partial charge in [0.25, 0.3) is 0 Å². The van der Waals surface area contributed by atoms with E-state index in [1.807, 2.05) is 0 Å². The average Bonchev–Trinajstić information content (AvgIpc) is 2.35. The van der Waals surface area contributed by atoms with Crippen LogP contribution in [0, 0.1) is 0 Å². The highest BCUT2D eigenvalue weighted by Gasteiger charge is 2.07. The smallest absolute Gasteiger partial charge is 0.139 e. The van der Waals surface area contributed by atoms with Gasteiger partial charge in [0.2, 0.25) is 0 Å². The molecule has 0 bridgehead atoms. The van der Waals surface area contributed by atoms with E-state index >= 15 is 0 Å². The molecule has 0 saturated heterocycles. The van der Waals surface area contributed by atoms with Crippen LogP contribution in [0.15, 0.2) is 30.7 Å². The summed E-state index contributed by atoms with van der Waals surface area (Å²) in [7, 11) is 0. The molecule has 0 spiro atoms. The summed E-state index contributed by atoms with van der Waals surface area (Å²) < 4.78 is 0. The van der Waals surface area contributed by atoms with Crippen molar-refractivity contribution in [3.8, 4) is 0 Å². The van der Waals surface area contributed by atoms with Crippen LogP contribution in [-0.4, -0.2) is 15.1 Å². The molecule has 0 amide bonds. The van der Waals surface area contributed by atoms with Crippen molar-refractivity contribution in [3.63, 3.8) is 0 Å². The summed E-state index contributed by atoms with van der Waals surface area (Å²) in [6, 6.07) is 5.25. The molecule has 0 aliphatic carbocycles. The number of benzene rings is 1. The monoisotopic (exact) mass is 269 g/mol. The summed E-state index contributed by atoms with van der Waals surface area (Å²) in [5.41, 5.74) is 1.22. The van der Waals surface area contributed by atoms with Crippen molar-refractivity contribution in [2.24, 2.45) is 0 Å². The zero-order valence-corrected chi connectivity index (χ0v) is 10.2. The lowest BCUT2D eigenvalue weighted by molar-refractivity contribution is 0.281. The minimum absolute atomic E-state index is 0.151. The molecule has 0 radical (unpaired) electrons. The summed E-state index contributed by atoms with van der Waals surface area (Å²) >= 11 is 11.9. The van der Waals surface area contributed by atoms with Crippen molar-refractivity contribution >= 4 is 34.7 Å². The topological polar surface area (TPSA) is 58.0 Å². The normalized spacial score (nSPS) is 10.3. The SMILES string of the molecule is OCc1cncnc1Nc1cccc(Cl)c1Cl. The van der Waals surface area contributed by atoms with E-state index in [1.54, 1.807) is 18.2 Å². The molecule has 0 saturated carbocycles. The van der Waals surface area contributed by atoms with Crippen molar-refractivity contribution in [1.29, 1.82) is 0 Å². The fourth-order valence-corrected chi connectivity index (χ4v) is 1.66. The Morgan fingerprint density at radius 2 is 2.12 bits per heavy atom. The van der Waals surface area contributed by atoms with E-state index in [0.29, 0.717) is 27.1 Å². The number of rotatable bonds is 3. The van der Waals surface area contributed by atoms with Crippen LogP contribution < -0.4 is 5.32 Å². The average molecular weight is 270 g/mol. The summed E-state index contributed by atoms with van der Waals surface area (Å²) in [5.74, 6) is 0.506. The molecular formula is C11H9Cl2N3O. The number of aliphatic hydroxyl groups excluding tert-OH is 1. The van der Waals surface area contributed by atoms with Crippen LogP contribution in [0.1, 0.15) is 5.56 Å². The Labute approximate surface area is 108 Å². The highest BCUT2D eigenvalue weighted by molar-refractivity contribution is 6.43. The van der Waals surface area contributed by atoms with E-state index in [0.717, 1.165) is 0 Å². The first-order chi connectivity index (χ1) is 8.22. The molecule has 2 rings (SSSR count). The maximum atomic E-state index is 9.14. The predicted octanol–water partition coefficient (Wildman–Crippen LogP) is 3.02. The van der Waals surface area contributed by atoms with Crippen LogP contribution in [0.3, 0.4) is 0 Å².